The van der Waals surface area contributed by atoms with Gasteiger partial charge < -0.3 is 4.74 Å². The van der Waals surface area contributed by atoms with Crippen molar-refractivity contribution in [3.63, 3.8) is 0 Å². The van der Waals surface area contributed by atoms with Crippen LogP contribution in [0.4, 0.5) is 4.79 Å². The van der Waals surface area contributed by atoms with Gasteiger partial charge in [-0.25, -0.2) is 4.79 Å². The fraction of sp³-hybridized carbons (Fsp3) is 0.182. The molecule has 0 aromatic heterocycles. The Kier molecular flexibility index (Phi) is 6.39. The van der Waals surface area contributed by atoms with Gasteiger partial charge in [0.1, 0.15) is 6.61 Å². The van der Waals surface area contributed by atoms with Crippen molar-refractivity contribution in [2.45, 2.75) is 6.61 Å². The number of hydrogen-bond donors (Lipinski definition) is 0. The number of alkyl halides is 1. The predicted octanol–water partition coefficient (Wildman–Crippen LogP) is 2.86. The molecule has 1 aromatic rings. The van der Waals surface area contributed by atoms with Crippen LogP contribution < -0.4 is 0 Å². The van der Waals surface area contributed by atoms with Crippen molar-refractivity contribution in [3.8, 4) is 0 Å². The van der Waals surface area contributed by atoms with Crippen LogP contribution in [0.3, 0.4) is 0 Å². The van der Waals surface area contributed by atoms with Crippen molar-refractivity contribution < 1.29 is 9.53 Å². The largest absolute Gasteiger partial charge is 0.443 e. The normalized spacial score (nSPS) is 11.1. The van der Waals surface area contributed by atoms with Gasteiger partial charge in [0.05, 0.1) is 10.8 Å². The smallest absolute Gasteiger partial charge is 0.433 e. The molecule has 0 N–H and O–H groups in total. The highest BCUT2D eigenvalue weighted by Crippen LogP contribution is 2.00. The summed E-state index contributed by atoms with van der Waals surface area (Å²) in [6.07, 6.45) is 2.19. The van der Waals surface area contributed by atoms with Gasteiger partial charge in [0.25, 0.3) is 0 Å². The van der Waals surface area contributed by atoms with Crippen molar-refractivity contribution in [2.24, 2.45) is 9.98 Å². The molecule has 0 unspecified atom stereocenters. The summed E-state index contributed by atoms with van der Waals surface area (Å²) in [5.74, 6) is 0. The number of carbonyl (C=O) groups is 1. The van der Waals surface area contributed by atoms with Crippen LogP contribution in [0.5, 0.6) is 0 Å². The summed E-state index contributed by atoms with van der Waals surface area (Å²) in [6, 6.07) is 9.45. The highest BCUT2D eigenvalue weighted by atomic mass is 127. The van der Waals surface area contributed by atoms with Gasteiger partial charge in [-0.15, -0.1) is 0 Å². The maximum absolute atomic E-state index is 11.1. The molecule has 5 heteroatoms. The molecule has 0 fully saturated rings. The van der Waals surface area contributed by atoms with E-state index in [0.29, 0.717) is 4.55 Å². The zero-order chi connectivity index (χ0) is 11.6. The monoisotopic (exact) mass is 330 g/mol. The van der Waals surface area contributed by atoms with Crippen LogP contribution in [-0.4, -0.2) is 23.1 Å². The van der Waals surface area contributed by atoms with Gasteiger partial charge in [-0.1, -0.05) is 52.9 Å². The molecule has 1 rings (SSSR count). The summed E-state index contributed by atoms with van der Waals surface area (Å²) in [5, 5.41) is 0. The van der Waals surface area contributed by atoms with Gasteiger partial charge in [-0.05, 0) is 5.56 Å². The molecule has 0 aliphatic heterocycles. The molecule has 16 heavy (non-hydrogen) atoms. The van der Waals surface area contributed by atoms with Crippen molar-refractivity contribution >= 4 is 41.1 Å². The highest BCUT2D eigenvalue weighted by Gasteiger charge is 1.97. The zero-order valence-electron chi connectivity index (χ0n) is 8.54. The van der Waals surface area contributed by atoms with E-state index < -0.39 is 6.09 Å². The lowest BCUT2D eigenvalue weighted by Crippen LogP contribution is -1.99. The van der Waals surface area contributed by atoms with Gasteiger partial charge in [-0.3, -0.25) is 4.99 Å². The number of rotatable bonds is 4. The van der Waals surface area contributed by atoms with Crippen LogP contribution in [0.25, 0.3) is 0 Å². The lowest BCUT2D eigenvalue weighted by molar-refractivity contribution is 0.151. The van der Waals surface area contributed by atoms with Crippen molar-refractivity contribution in [2.75, 3.05) is 4.55 Å². The van der Waals surface area contributed by atoms with Crippen molar-refractivity contribution in [3.05, 3.63) is 35.9 Å². The third-order valence-electron chi connectivity index (χ3n) is 1.63. The molecular formula is C11H11IN2O2. The second kappa shape index (κ2) is 7.98. The fourth-order valence-electron chi connectivity index (χ4n) is 0.938. The highest BCUT2D eigenvalue weighted by molar-refractivity contribution is 14.1. The number of ether oxygens (including phenoxy) is 1. The summed E-state index contributed by atoms with van der Waals surface area (Å²) >= 11 is 2.09. The van der Waals surface area contributed by atoms with Gasteiger partial charge in [-0.2, -0.15) is 4.99 Å². The maximum Gasteiger partial charge on any atom is 0.433 e. The Balaban J connectivity index is 2.30. The number of nitrogens with zero attached hydrogens (tertiary/aromatic N) is 2. The first-order valence-electron chi connectivity index (χ1n) is 4.62. The molecule has 1 amide bonds. The number of hydrogen-bond acceptors (Lipinski definition) is 3. The standard InChI is InChI=1S/C11H11IN2O2/c12-9-13-6-7-14-11(15)16-8-10-4-2-1-3-5-10/h1-7H,8-9H2/b13-6-,14-7+. The Hall–Kier alpha value is -1.24. The number of aliphatic imine (C=N–C) groups is 2. The number of benzene rings is 1. The Morgan fingerprint density at radius 1 is 1.31 bits per heavy atom. The van der Waals surface area contributed by atoms with Crippen LogP contribution in [0, 0.1) is 0 Å². The SMILES string of the molecule is O=C(/N=C/C=N\CI)OCc1ccccc1. The molecule has 0 radical (unpaired) electrons. The van der Waals surface area contributed by atoms with E-state index in [-0.39, 0.29) is 6.61 Å². The first-order valence-corrected chi connectivity index (χ1v) is 6.14. The van der Waals surface area contributed by atoms with E-state index in [2.05, 4.69) is 32.6 Å². The first-order chi connectivity index (χ1) is 7.83. The minimum atomic E-state index is -0.608. The van der Waals surface area contributed by atoms with Crippen LogP contribution in [-0.2, 0) is 11.3 Å². The van der Waals surface area contributed by atoms with Crippen molar-refractivity contribution in [1.29, 1.82) is 0 Å². The summed E-state index contributed by atoms with van der Waals surface area (Å²) < 4.78 is 5.55. The number of carbonyl (C=O) groups excluding carboxylic acids is 1. The van der Waals surface area contributed by atoms with Crippen molar-refractivity contribution in [1.82, 2.24) is 0 Å². The summed E-state index contributed by atoms with van der Waals surface area (Å²) in [4.78, 5) is 18.5. The predicted molar refractivity (Wildman–Crippen MR) is 72.5 cm³/mol. The third kappa shape index (κ3) is 5.59. The van der Waals surface area contributed by atoms with Crippen LogP contribution >= 0.6 is 22.6 Å². The second-order valence-corrected chi connectivity index (χ2v) is 3.45. The molecular weight excluding hydrogens is 319 g/mol. The summed E-state index contributed by atoms with van der Waals surface area (Å²) in [6.45, 7) is 0.237. The van der Waals surface area contributed by atoms with Crippen LogP contribution in [0.1, 0.15) is 5.56 Å². The molecule has 0 saturated carbocycles. The minimum absolute atomic E-state index is 0.237. The third-order valence-corrected chi connectivity index (χ3v) is 2.02. The van der Waals surface area contributed by atoms with Gasteiger partial charge in [0.15, 0.2) is 0 Å². The molecule has 0 heterocycles. The molecule has 0 saturated heterocycles. The molecule has 1 aromatic carbocycles. The number of amides is 1. The maximum atomic E-state index is 11.1. The van der Waals surface area contributed by atoms with Crippen LogP contribution in [0.2, 0.25) is 0 Å². The Labute approximate surface area is 108 Å². The van der Waals surface area contributed by atoms with Gasteiger partial charge in [0, 0.05) is 6.21 Å². The van der Waals surface area contributed by atoms with E-state index >= 15 is 0 Å². The molecule has 84 valence electrons. The lowest BCUT2D eigenvalue weighted by Gasteiger charge is -2.00. The molecule has 4 nitrogen and oxygen atoms in total. The first kappa shape index (κ1) is 12.8. The topological polar surface area (TPSA) is 51.0 Å². The van der Waals surface area contributed by atoms with E-state index in [1.807, 2.05) is 30.3 Å². The molecule has 0 aliphatic rings. The minimum Gasteiger partial charge on any atom is -0.443 e. The molecule has 0 aliphatic carbocycles. The summed E-state index contributed by atoms with van der Waals surface area (Å²) in [5.41, 5.74) is 0.937. The average molecular weight is 330 g/mol. The quantitative estimate of drug-likeness (QED) is 0.369. The van der Waals surface area contributed by atoms with E-state index in [1.54, 1.807) is 0 Å². The fourth-order valence-corrected chi connectivity index (χ4v) is 1.17. The molecule has 0 atom stereocenters. The summed E-state index contributed by atoms with van der Waals surface area (Å²) in [7, 11) is 0. The van der Waals surface area contributed by atoms with Gasteiger partial charge >= 0.3 is 6.09 Å². The Morgan fingerprint density at radius 2 is 2.06 bits per heavy atom. The lowest BCUT2D eigenvalue weighted by atomic mass is 10.2. The van der Waals surface area contributed by atoms with Crippen LogP contribution in [0.15, 0.2) is 40.3 Å². The molecule has 0 bridgehead atoms. The molecule has 0 spiro atoms. The Bertz CT molecular complexity index is 377. The zero-order valence-corrected chi connectivity index (χ0v) is 10.7. The average Bonchev–Trinajstić information content (AvgIpc) is 2.33. The Morgan fingerprint density at radius 3 is 2.75 bits per heavy atom. The van der Waals surface area contributed by atoms with Gasteiger partial charge in [0.2, 0.25) is 0 Å². The van der Waals surface area contributed by atoms with E-state index in [4.69, 9.17) is 4.74 Å². The van der Waals surface area contributed by atoms with E-state index in [1.165, 1.54) is 12.4 Å². The second-order valence-electron chi connectivity index (χ2n) is 2.77. The van der Waals surface area contributed by atoms with E-state index in [0.717, 1.165) is 5.56 Å². The van der Waals surface area contributed by atoms with E-state index in [9.17, 15) is 4.79 Å². The number of halogens is 1.